The van der Waals surface area contributed by atoms with E-state index in [1.165, 1.54) is 77.1 Å². The van der Waals surface area contributed by atoms with Crippen molar-refractivity contribution in [3.8, 4) is 45.1 Å². The number of hydrogen-bond acceptors (Lipinski definition) is 4. The Labute approximate surface area is 469 Å². The quantitative estimate of drug-likeness (QED) is 0.137. The van der Waals surface area contributed by atoms with Crippen molar-refractivity contribution in [3.05, 3.63) is 301 Å². The van der Waals surface area contributed by atoms with Crippen LogP contribution in [0.5, 0.6) is 11.5 Å². The van der Waals surface area contributed by atoms with Crippen LogP contribution in [0.25, 0.3) is 77.2 Å². The molecule has 2 aliphatic carbocycles. The van der Waals surface area contributed by atoms with Gasteiger partial charge in [0.1, 0.15) is 11.5 Å². The number of nitrogens with zero attached hydrogens (tertiary/aromatic N) is 4. The lowest BCUT2D eigenvalue weighted by Gasteiger charge is -2.33. The summed E-state index contributed by atoms with van der Waals surface area (Å²) in [5.41, 5.74) is 22.4. The molecule has 0 amide bonds. The minimum Gasteiger partial charge on any atom is -0.497 e. The van der Waals surface area contributed by atoms with Gasteiger partial charge in [0.05, 0.1) is 41.7 Å². The first-order valence-electron chi connectivity index (χ1n) is 27.6. The molecule has 0 radical (unpaired) electrons. The minimum absolute atomic E-state index is 0.672. The van der Waals surface area contributed by atoms with E-state index in [4.69, 9.17) is 9.47 Å². The van der Waals surface area contributed by atoms with Crippen molar-refractivity contribution in [2.45, 2.75) is 5.41 Å². The fourth-order valence-electron chi connectivity index (χ4n) is 13.7. The number of anilines is 6. The van der Waals surface area contributed by atoms with Gasteiger partial charge in [0.25, 0.3) is 0 Å². The van der Waals surface area contributed by atoms with Gasteiger partial charge in [-0.15, -0.1) is 0 Å². The molecule has 0 atom stereocenters. The molecule has 0 unspecified atom stereocenters. The molecule has 2 aromatic heterocycles. The Hall–Kier alpha value is -10.6. The molecule has 1 spiro atoms. The third-order valence-electron chi connectivity index (χ3n) is 17.1. The van der Waals surface area contributed by atoms with Crippen molar-refractivity contribution in [2.24, 2.45) is 0 Å². The van der Waals surface area contributed by atoms with Crippen LogP contribution in [-0.2, 0) is 5.41 Å². The second kappa shape index (κ2) is 18.3. The van der Waals surface area contributed by atoms with Gasteiger partial charge in [0.15, 0.2) is 0 Å². The highest BCUT2D eigenvalue weighted by Gasteiger charge is 2.52. The van der Waals surface area contributed by atoms with Crippen molar-refractivity contribution in [1.29, 1.82) is 0 Å². The van der Waals surface area contributed by atoms with Gasteiger partial charge in [-0.3, -0.25) is 0 Å². The van der Waals surface area contributed by atoms with Crippen LogP contribution in [-0.4, -0.2) is 23.4 Å². The summed E-state index contributed by atoms with van der Waals surface area (Å²) in [4.78, 5) is 4.83. The Kier molecular flexibility index (Phi) is 10.5. The second-order valence-electron chi connectivity index (χ2n) is 21.1. The van der Waals surface area contributed by atoms with Gasteiger partial charge in [-0.2, -0.15) is 0 Å². The average molecular weight is 1040 g/mol. The summed E-state index contributed by atoms with van der Waals surface area (Å²) in [5.74, 6) is 1.61. The van der Waals surface area contributed by atoms with Crippen LogP contribution in [0.4, 0.5) is 34.1 Å². The topological polar surface area (TPSA) is 34.8 Å². The van der Waals surface area contributed by atoms with Crippen LogP contribution in [0.15, 0.2) is 279 Å². The zero-order valence-electron chi connectivity index (χ0n) is 44.7. The molecule has 384 valence electrons. The van der Waals surface area contributed by atoms with Gasteiger partial charge >= 0.3 is 0 Å². The Morgan fingerprint density at radius 3 is 1.04 bits per heavy atom. The fourth-order valence-corrected chi connectivity index (χ4v) is 13.7. The number of methoxy groups -OCH3 is 2. The SMILES string of the molecule is COc1ccc(N(c2ccc3c(c2)C2(c4ccccc4-c4ccccc42)c2cc(N(c4ccc(OC)cc4)c4ccc5c6ccccc6n(-c6ccccc6)c5c4)ccc2-3)c2ccc3c4ccccc4n(-c4ccccc4)c3c2)cc1. The molecule has 14 aromatic rings. The summed E-state index contributed by atoms with van der Waals surface area (Å²) in [6.07, 6.45) is 0. The van der Waals surface area contributed by atoms with Gasteiger partial charge in [0.2, 0.25) is 0 Å². The van der Waals surface area contributed by atoms with E-state index in [2.05, 4.69) is 298 Å². The van der Waals surface area contributed by atoms with Crippen molar-refractivity contribution in [2.75, 3.05) is 24.0 Å². The lowest BCUT2D eigenvalue weighted by Crippen LogP contribution is -2.26. The molecule has 2 heterocycles. The third-order valence-corrected chi connectivity index (χ3v) is 17.1. The van der Waals surface area contributed by atoms with E-state index in [9.17, 15) is 0 Å². The molecule has 12 aromatic carbocycles. The number of fused-ring (bicyclic) bond motifs is 16. The standard InChI is InChI=1S/C75H52N4O2/c1-80-57-37-29-51(30-38-57)76(55-35-43-65-63-23-11-15-27-71(63)78(73(65)47-55)49-17-5-3-6-18-49)53-33-41-61-62-42-34-54(46-70(62)75(69(61)45-53)67-25-13-9-21-59(67)60-22-10-14-26-68(60)75)77(52-31-39-58(81-2)40-32-52)56-36-44-66-64-24-12-16-28-72(64)79(74(66)48-56)50-19-7-4-8-20-50/h3-48H,1-2H3. The average Bonchev–Trinajstić information content (AvgIpc) is 4.42. The Morgan fingerprint density at radius 1 is 0.272 bits per heavy atom. The Morgan fingerprint density at radius 2 is 0.605 bits per heavy atom. The van der Waals surface area contributed by atoms with Crippen LogP contribution in [0.1, 0.15) is 22.3 Å². The van der Waals surface area contributed by atoms with Gasteiger partial charge in [-0.25, -0.2) is 0 Å². The first kappa shape index (κ1) is 46.5. The predicted octanol–water partition coefficient (Wildman–Crippen LogP) is 19.2. The molecule has 2 aliphatic rings. The highest BCUT2D eigenvalue weighted by Crippen LogP contribution is 2.64. The Balaban J connectivity index is 0.929. The molecule has 0 saturated carbocycles. The summed E-state index contributed by atoms with van der Waals surface area (Å²) in [6, 6.07) is 102. The van der Waals surface area contributed by atoms with Gasteiger partial charge in [-0.1, -0.05) is 146 Å². The third kappa shape index (κ3) is 6.93. The molecule has 0 aliphatic heterocycles. The second-order valence-corrected chi connectivity index (χ2v) is 21.1. The van der Waals surface area contributed by atoms with Crippen LogP contribution in [0, 0.1) is 0 Å². The van der Waals surface area contributed by atoms with Gasteiger partial charge in [-0.05, 0) is 178 Å². The molecule has 0 bridgehead atoms. The number of aromatic nitrogens is 2. The highest BCUT2D eigenvalue weighted by molar-refractivity contribution is 6.12. The first-order chi connectivity index (χ1) is 40.1. The highest BCUT2D eigenvalue weighted by atomic mass is 16.5. The Bertz CT molecular complexity index is 4480. The van der Waals surface area contributed by atoms with E-state index in [1.54, 1.807) is 14.2 Å². The minimum atomic E-state index is -0.672. The predicted molar refractivity (Wildman–Crippen MR) is 334 cm³/mol. The number of para-hydroxylation sites is 4. The molecule has 6 heteroatoms. The smallest absolute Gasteiger partial charge is 0.119 e. The van der Waals surface area contributed by atoms with Crippen molar-refractivity contribution < 1.29 is 9.47 Å². The normalized spacial score (nSPS) is 12.7. The maximum absolute atomic E-state index is 5.76. The monoisotopic (exact) mass is 1040 g/mol. The molecular formula is C75H52N4O2. The molecule has 0 N–H and O–H groups in total. The molecular weight excluding hydrogens is 989 g/mol. The van der Waals surface area contributed by atoms with E-state index in [0.717, 1.165) is 68.0 Å². The van der Waals surface area contributed by atoms with E-state index in [0.29, 0.717) is 0 Å². The number of benzene rings is 12. The van der Waals surface area contributed by atoms with E-state index in [1.807, 2.05) is 0 Å². The van der Waals surface area contributed by atoms with Gasteiger partial charge in [0, 0.05) is 67.0 Å². The van der Waals surface area contributed by atoms with Gasteiger partial charge < -0.3 is 28.4 Å². The van der Waals surface area contributed by atoms with Crippen LogP contribution >= 0.6 is 0 Å². The first-order valence-corrected chi connectivity index (χ1v) is 27.6. The lowest BCUT2D eigenvalue weighted by atomic mass is 9.70. The summed E-state index contributed by atoms with van der Waals surface area (Å²) in [5, 5.41) is 4.84. The zero-order chi connectivity index (χ0) is 53.8. The zero-order valence-corrected chi connectivity index (χ0v) is 44.7. The number of ether oxygens (including phenoxy) is 2. The molecule has 0 fully saturated rings. The fraction of sp³-hybridized carbons (Fsp3) is 0.0400. The van der Waals surface area contributed by atoms with Crippen molar-refractivity contribution >= 4 is 77.7 Å². The molecule has 6 nitrogen and oxygen atoms in total. The summed E-state index contributed by atoms with van der Waals surface area (Å²) in [6.45, 7) is 0. The van der Waals surface area contributed by atoms with Crippen LogP contribution in [0.3, 0.4) is 0 Å². The number of hydrogen-bond donors (Lipinski definition) is 0. The molecule has 0 saturated heterocycles. The largest absolute Gasteiger partial charge is 0.497 e. The van der Waals surface area contributed by atoms with E-state index in [-0.39, 0.29) is 0 Å². The van der Waals surface area contributed by atoms with Crippen LogP contribution < -0.4 is 19.3 Å². The lowest BCUT2D eigenvalue weighted by molar-refractivity contribution is 0.414. The summed E-state index contributed by atoms with van der Waals surface area (Å²) in [7, 11) is 3.45. The maximum atomic E-state index is 5.76. The summed E-state index contributed by atoms with van der Waals surface area (Å²) < 4.78 is 16.3. The van der Waals surface area contributed by atoms with Crippen molar-refractivity contribution in [1.82, 2.24) is 9.13 Å². The van der Waals surface area contributed by atoms with Crippen molar-refractivity contribution in [3.63, 3.8) is 0 Å². The van der Waals surface area contributed by atoms with E-state index < -0.39 is 5.41 Å². The molecule has 81 heavy (non-hydrogen) atoms. The number of rotatable bonds is 10. The molecule has 16 rings (SSSR count). The van der Waals surface area contributed by atoms with E-state index >= 15 is 0 Å². The maximum Gasteiger partial charge on any atom is 0.119 e. The summed E-state index contributed by atoms with van der Waals surface area (Å²) >= 11 is 0. The van der Waals surface area contributed by atoms with Crippen LogP contribution in [0.2, 0.25) is 0 Å².